The molecule has 1 aromatic rings. The van der Waals surface area contributed by atoms with Crippen LogP contribution in [-0.2, 0) is 46.8 Å². The van der Waals surface area contributed by atoms with Gasteiger partial charge in [0.25, 0.3) is 5.91 Å². The van der Waals surface area contributed by atoms with Crippen LogP contribution in [0.15, 0.2) is 36.9 Å². The second kappa shape index (κ2) is 14.2. The number of fused-ring (bicyclic) bond motifs is 1. The van der Waals surface area contributed by atoms with Crippen molar-refractivity contribution < 1.29 is 41.9 Å². The maximum absolute atomic E-state index is 14.5. The van der Waals surface area contributed by atoms with E-state index in [2.05, 4.69) is 21.9 Å². The Morgan fingerprint density at radius 1 is 1.04 bits per heavy atom. The molecule has 5 atom stereocenters. The Labute approximate surface area is 318 Å². The van der Waals surface area contributed by atoms with Crippen LogP contribution in [0.4, 0.5) is 9.59 Å². The van der Waals surface area contributed by atoms with Gasteiger partial charge in [-0.3, -0.25) is 19.1 Å². The second-order valence-corrected chi connectivity index (χ2v) is 20.0. The van der Waals surface area contributed by atoms with Gasteiger partial charge in [0.05, 0.1) is 11.3 Å². The third-order valence-corrected chi connectivity index (χ3v) is 13.5. The average molecular weight is 770 g/mol. The number of benzene rings is 1. The summed E-state index contributed by atoms with van der Waals surface area (Å²) in [6.45, 7) is 14.8. The predicted octanol–water partition coefficient (Wildman–Crippen LogP) is 3.93. The third-order valence-electron chi connectivity index (χ3n) is 11.3. The minimum atomic E-state index is -4.02. The number of carbonyl (C=O) groups excluding carboxylic acids is 5. The Morgan fingerprint density at radius 3 is 2.28 bits per heavy atom. The van der Waals surface area contributed by atoms with Crippen molar-refractivity contribution in [3.63, 3.8) is 0 Å². The molecule has 1 unspecified atom stereocenters. The number of alkyl carbamates (subject to hydrolysis) is 1. The summed E-state index contributed by atoms with van der Waals surface area (Å²) in [5, 5.41) is 5.48. The monoisotopic (exact) mass is 769 g/mol. The van der Waals surface area contributed by atoms with Crippen LogP contribution >= 0.6 is 0 Å². The molecule has 2 heterocycles. The molecule has 0 aromatic heterocycles. The Kier molecular flexibility index (Phi) is 10.4. The van der Waals surface area contributed by atoms with E-state index in [1.165, 1.54) is 11.0 Å². The zero-order chi connectivity index (χ0) is 39.4. The van der Waals surface area contributed by atoms with Gasteiger partial charge in [-0.2, -0.15) is 0 Å². The van der Waals surface area contributed by atoms with Crippen molar-refractivity contribution in [1.82, 2.24) is 25.2 Å². The van der Waals surface area contributed by atoms with Crippen LogP contribution in [0.1, 0.15) is 97.6 Å². The second-order valence-electron chi connectivity index (χ2n) is 17.9. The summed E-state index contributed by atoms with van der Waals surface area (Å²) in [4.78, 5) is 71.9. The highest BCUT2D eigenvalue weighted by molar-refractivity contribution is 7.91. The quantitative estimate of drug-likeness (QED) is 0.281. The number of amides is 5. The van der Waals surface area contributed by atoms with Crippen LogP contribution in [0.5, 0.6) is 0 Å². The molecule has 15 heteroatoms. The molecular formula is C39H55N5O9S. The van der Waals surface area contributed by atoms with Gasteiger partial charge >= 0.3 is 12.2 Å². The summed E-state index contributed by atoms with van der Waals surface area (Å²) in [6.07, 6.45) is 3.32. The lowest BCUT2D eigenvalue weighted by molar-refractivity contribution is -0.143. The van der Waals surface area contributed by atoms with Crippen molar-refractivity contribution in [2.24, 2.45) is 17.3 Å². The molecule has 6 rings (SSSR count). The number of likely N-dealkylation sites (tertiary alicyclic amines) is 1. The van der Waals surface area contributed by atoms with Crippen LogP contribution in [-0.4, -0.2) is 95.3 Å². The normalized spacial score (nSPS) is 26.4. The van der Waals surface area contributed by atoms with Gasteiger partial charge < -0.3 is 29.9 Å². The number of rotatable bonds is 11. The Bertz CT molecular complexity index is 1810. The molecule has 0 bridgehead atoms. The molecule has 0 radical (unpaired) electrons. The van der Waals surface area contributed by atoms with E-state index in [1.54, 1.807) is 46.4 Å². The summed E-state index contributed by atoms with van der Waals surface area (Å²) >= 11 is 0. The van der Waals surface area contributed by atoms with Gasteiger partial charge in [0.15, 0.2) is 0 Å². The fourth-order valence-corrected chi connectivity index (χ4v) is 9.45. The first-order chi connectivity index (χ1) is 25.2. The smallest absolute Gasteiger partial charge is 0.410 e. The molecule has 0 spiro atoms. The topological polar surface area (TPSA) is 181 Å². The van der Waals surface area contributed by atoms with Crippen molar-refractivity contribution in [1.29, 1.82) is 0 Å². The molecule has 4 fully saturated rings. The van der Waals surface area contributed by atoms with Crippen LogP contribution < -0.4 is 15.4 Å². The molecule has 3 N–H and O–H groups in total. The number of ether oxygens (including phenoxy) is 2. The van der Waals surface area contributed by atoms with E-state index < -0.39 is 85.3 Å². The Hall–Kier alpha value is -4.14. The molecule has 2 aliphatic heterocycles. The lowest BCUT2D eigenvalue weighted by Gasteiger charge is -2.36. The van der Waals surface area contributed by atoms with Crippen molar-refractivity contribution >= 4 is 39.9 Å². The van der Waals surface area contributed by atoms with Gasteiger partial charge in [0, 0.05) is 25.4 Å². The minimum Gasteiger partial charge on any atom is -0.444 e. The molecule has 3 saturated carbocycles. The summed E-state index contributed by atoms with van der Waals surface area (Å²) in [5.41, 5.74) is -1.12. The summed E-state index contributed by atoms with van der Waals surface area (Å²) in [5.74, 6) is -2.37. The fourth-order valence-electron chi connectivity index (χ4n) is 7.71. The standard InChI is InChI=1S/C39H55N5O9S/c1-8-27-21-39(27,33(47)42-54(50,51)38(16-17-38)20-24-13-14-24)41-31(45)29-19-28(52-35(49)43-18-15-25-11-9-10-12-26(25)22-43)23-44(29)32(46)30(36(2,3)4)40-34(48)53-37(5,6)7/h8-12,24,27-30H,1,13-23H2,2-7H3,(H,40,48)(H,41,45)(H,42,47)/t27?,28-,29+,30-,39-/m1/s1. The lowest BCUT2D eigenvalue weighted by atomic mass is 9.85. The minimum absolute atomic E-state index is 0.0870. The molecular weight excluding hydrogens is 715 g/mol. The van der Waals surface area contributed by atoms with E-state index >= 15 is 0 Å². The summed E-state index contributed by atoms with van der Waals surface area (Å²) in [6, 6.07) is 5.47. The molecule has 14 nitrogen and oxygen atoms in total. The van der Waals surface area contributed by atoms with E-state index in [0.29, 0.717) is 44.7 Å². The molecule has 3 aliphatic carbocycles. The summed E-state index contributed by atoms with van der Waals surface area (Å²) < 4.78 is 39.7. The van der Waals surface area contributed by atoms with Gasteiger partial charge in [-0.1, -0.05) is 64.0 Å². The highest BCUT2D eigenvalue weighted by atomic mass is 32.2. The number of hydrogen-bond donors (Lipinski definition) is 3. The van der Waals surface area contributed by atoms with Gasteiger partial charge in [0.2, 0.25) is 21.8 Å². The first-order valence-electron chi connectivity index (χ1n) is 19.0. The molecule has 1 aromatic carbocycles. The largest absolute Gasteiger partial charge is 0.444 e. The van der Waals surface area contributed by atoms with Crippen molar-refractivity contribution in [2.75, 3.05) is 13.1 Å². The highest BCUT2D eigenvalue weighted by Gasteiger charge is 2.64. The maximum Gasteiger partial charge on any atom is 0.410 e. The number of hydrogen-bond acceptors (Lipinski definition) is 9. The van der Waals surface area contributed by atoms with Crippen LogP contribution in [0.3, 0.4) is 0 Å². The predicted molar refractivity (Wildman–Crippen MR) is 199 cm³/mol. The van der Waals surface area contributed by atoms with E-state index in [9.17, 15) is 32.4 Å². The first kappa shape index (κ1) is 39.6. The average Bonchev–Trinajstić information content (AvgIpc) is 4.02. The Morgan fingerprint density at radius 2 is 1.70 bits per heavy atom. The van der Waals surface area contributed by atoms with Gasteiger partial charge in [-0.25, -0.2) is 18.0 Å². The van der Waals surface area contributed by atoms with Crippen LogP contribution in [0, 0.1) is 17.3 Å². The van der Waals surface area contributed by atoms with Gasteiger partial charge in [-0.05, 0) is 75.3 Å². The maximum atomic E-state index is 14.5. The van der Waals surface area contributed by atoms with Crippen molar-refractivity contribution in [3.8, 4) is 0 Å². The zero-order valence-electron chi connectivity index (χ0n) is 32.2. The number of nitrogens with zero attached hydrogens (tertiary/aromatic N) is 2. The third kappa shape index (κ3) is 8.40. The lowest BCUT2D eigenvalue weighted by Crippen LogP contribution is -2.60. The van der Waals surface area contributed by atoms with Crippen molar-refractivity contribution in [2.45, 2.75) is 134 Å². The van der Waals surface area contributed by atoms with Crippen LogP contribution in [0.2, 0.25) is 0 Å². The molecule has 1 saturated heterocycles. The highest BCUT2D eigenvalue weighted by Crippen LogP contribution is 2.53. The van der Waals surface area contributed by atoms with Gasteiger partial charge in [-0.15, -0.1) is 6.58 Å². The van der Waals surface area contributed by atoms with Crippen LogP contribution in [0.25, 0.3) is 0 Å². The van der Waals surface area contributed by atoms with E-state index in [4.69, 9.17) is 9.47 Å². The van der Waals surface area contributed by atoms with E-state index in [1.807, 2.05) is 24.3 Å². The fraction of sp³-hybridized carbons (Fsp3) is 0.667. The van der Waals surface area contributed by atoms with E-state index in [0.717, 1.165) is 24.0 Å². The van der Waals surface area contributed by atoms with E-state index in [-0.39, 0.29) is 19.4 Å². The molecule has 5 aliphatic rings. The number of sulfonamides is 1. The number of carbonyl (C=O) groups is 5. The SMILES string of the molecule is C=CC1C[C@]1(NC(=O)[C@@H]1C[C@@H](OC(=O)N2CCc3ccccc3C2)CN1C(=O)[C@@H](NC(=O)OC(C)(C)C)C(C)(C)C)C(=O)NS(=O)(=O)C1(CC2CC2)CC1. The number of nitrogens with one attached hydrogen (secondary N) is 3. The first-order valence-corrected chi connectivity index (χ1v) is 20.5. The zero-order valence-corrected chi connectivity index (χ0v) is 33.1. The molecule has 5 amide bonds. The van der Waals surface area contributed by atoms with Crippen molar-refractivity contribution in [3.05, 3.63) is 48.0 Å². The molecule has 296 valence electrons. The Balaban J connectivity index is 1.22. The van der Waals surface area contributed by atoms with Gasteiger partial charge in [0.1, 0.15) is 29.3 Å². The molecule has 54 heavy (non-hydrogen) atoms. The summed E-state index contributed by atoms with van der Waals surface area (Å²) in [7, 11) is -4.02.